The lowest BCUT2D eigenvalue weighted by Crippen LogP contribution is -2.27. The number of ether oxygens (including phenoxy) is 1. The van der Waals surface area contributed by atoms with Gasteiger partial charge in [-0.2, -0.15) is 5.10 Å². The minimum Gasteiger partial charge on any atom is -0.396 e. The average molecular weight is 303 g/mol. The van der Waals surface area contributed by atoms with E-state index >= 15 is 0 Å². The second-order valence-electron chi connectivity index (χ2n) is 5.42. The Hall–Kier alpha value is -1.46. The van der Waals surface area contributed by atoms with Crippen LogP contribution in [0.3, 0.4) is 0 Å². The van der Waals surface area contributed by atoms with Crippen LogP contribution in [0.4, 0.5) is 5.69 Å². The molecule has 0 spiro atoms. The summed E-state index contributed by atoms with van der Waals surface area (Å²) in [6.45, 7) is 1.67. The molecule has 1 aliphatic rings. The number of benzene rings is 1. The molecule has 1 atom stereocenters. The van der Waals surface area contributed by atoms with Crippen molar-refractivity contribution in [2.75, 3.05) is 25.2 Å². The molecule has 1 unspecified atom stereocenters. The molecule has 1 fully saturated rings. The number of rotatable bonds is 4. The maximum absolute atomic E-state index is 5.87. The van der Waals surface area contributed by atoms with Crippen molar-refractivity contribution >= 4 is 17.4 Å². The highest BCUT2D eigenvalue weighted by Crippen LogP contribution is 2.34. The second kappa shape index (κ2) is 6.54. The first-order valence-corrected chi connectivity index (χ1v) is 8.51. The van der Waals surface area contributed by atoms with Gasteiger partial charge in [-0.25, -0.2) is 0 Å². The molecule has 3 rings (SSSR count). The predicted octanol–water partition coefficient (Wildman–Crippen LogP) is 3.20. The van der Waals surface area contributed by atoms with Gasteiger partial charge in [-0.05, 0) is 42.7 Å². The average Bonchev–Trinajstić information content (AvgIpc) is 2.95. The van der Waals surface area contributed by atoms with Crippen LogP contribution in [0, 0.1) is 5.92 Å². The number of hydrogen-bond acceptors (Lipinski definition) is 4. The third-order valence-corrected chi connectivity index (χ3v) is 4.78. The Morgan fingerprint density at radius 2 is 2.19 bits per heavy atom. The molecule has 1 aromatic heterocycles. The van der Waals surface area contributed by atoms with Gasteiger partial charge in [0.15, 0.2) is 0 Å². The molecule has 112 valence electrons. The Labute approximate surface area is 129 Å². The maximum atomic E-state index is 5.87. The van der Waals surface area contributed by atoms with E-state index in [-0.39, 0.29) is 6.04 Å². The van der Waals surface area contributed by atoms with Crippen molar-refractivity contribution in [1.29, 1.82) is 0 Å². The SMILES string of the molecule is CSc1cccc(C(C2CCOCC2)n2cc(N)cn2)c1. The van der Waals surface area contributed by atoms with Crippen LogP contribution in [0.25, 0.3) is 0 Å². The van der Waals surface area contributed by atoms with Gasteiger partial charge in [-0.3, -0.25) is 4.68 Å². The second-order valence-corrected chi connectivity index (χ2v) is 6.30. The van der Waals surface area contributed by atoms with Crippen LogP contribution in [0.15, 0.2) is 41.6 Å². The fourth-order valence-electron chi connectivity index (χ4n) is 3.00. The number of nitrogen functional groups attached to an aromatic ring is 1. The molecule has 0 amide bonds. The van der Waals surface area contributed by atoms with E-state index in [0.717, 1.165) is 26.1 Å². The Morgan fingerprint density at radius 3 is 2.86 bits per heavy atom. The summed E-state index contributed by atoms with van der Waals surface area (Å²) in [6.07, 6.45) is 7.90. The Balaban J connectivity index is 1.97. The third-order valence-electron chi connectivity index (χ3n) is 4.05. The number of thioether (sulfide) groups is 1. The minimum absolute atomic E-state index is 0.235. The highest BCUT2D eigenvalue weighted by atomic mass is 32.2. The molecule has 1 saturated heterocycles. The molecular formula is C16H21N3OS. The van der Waals surface area contributed by atoms with Crippen molar-refractivity contribution in [3.8, 4) is 0 Å². The molecule has 21 heavy (non-hydrogen) atoms. The highest BCUT2D eigenvalue weighted by molar-refractivity contribution is 7.98. The molecule has 2 heterocycles. The Kier molecular flexibility index (Phi) is 4.51. The quantitative estimate of drug-likeness (QED) is 0.881. The molecule has 5 heteroatoms. The zero-order valence-electron chi connectivity index (χ0n) is 12.2. The summed E-state index contributed by atoms with van der Waals surface area (Å²) >= 11 is 1.77. The Morgan fingerprint density at radius 1 is 1.38 bits per heavy atom. The van der Waals surface area contributed by atoms with Gasteiger partial charge in [-0.1, -0.05) is 12.1 Å². The maximum Gasteiger partial charge on any atom is 0.0799 e. The first-order chi connectivity index (χ1) is 10.3. The monoisotopic (exact) mass is 303 g/mol. The van der Waals surface area contributed by atoms with Gasteiger partial charge in [0.25, 0.3) is 0 Å². The molecule has 2 aromatic rings. The van der Waals surface area contributed by atoms with E-state index in [0.29, 0.717) is 11.6 Å². The number of anilines is 1. The summed E-state index contributed by atoms with van der Waals surface area (Å²) in [4.78, 5) is 1.28. The number of aromatic nitrogens is 2. The topological polar surface area (TPSA) is 53.1 Å². The van der Waals surface area contributed by atoms with E-state index in [9.17, 15) is 0 Å². The molecular weight excluding hydrogens is 282 g/mol. The summed E-state index contributed by atoms with van der Waals surface area (Å²) in [5.74, 6) is 0.537. The number of nitrogens with two attached hydrogens (primary N) is 1. The third kappa shape index (κ3) is 3.24. The van der Waals surface area contributed by atoms with Crippen LogP contribution < -0.4 is 5.73 Å². The number of nitrogens with zero attached hydrogens (tertiary/aromatic N) is 2. The molecule has 0 radical (unpaired) electrons. The van der Waals surface area contributed by atoms with E-state index in [4.69, 9.17) is 10.5 Å². The Bertz CT molecular complexity index is 593. The normalized spacial score (nSPS) is 17.8. The largest absolute Gasteiger partial charge is 0.396 e. The molecule has 1 aromatic carbocycles. The smallest absolute Gasteiger partial charge is 0.0799 e. The summed E-state index contributed by atoms with van der Waals surface area (Å²) in [5, 5.41) is 4.47. The summed E-state index contributed by atoms with van der Waals surface area (Å²) < 4.78 is 7.53. The molecule has 0 aliphatic carbocycles. The van der Waals surface area contributed by atoms with E-state index in [2.05, 4.69) is 35.6 Å². The van der Waals surface area contributed by atoms with Crippen molar-refractivity contribution in [1.82, 2.24) is 9.78 Å². The standard InChI is InChI=1S/C16H21N3OS/c1-21-15-4-2-3-13(9-15)16(12-5-7-20-8-6-12)19-11-14(17)10-18-19/h2-4,9-12,16H,5-8,17H2,1H3. The first-order valence-electron chi connectivity index (χ1n) is 7.29. The van der Waals surface area contributed by atoms with Crippen LogP contribution in [-0.4, -0.2) is 29.3 Å². The number of hydrogen-bond donors (Lipinski definition) is 1. The molecule has 2 N–H and O–H groups in total. The van der Waals surface area contributed by atoms with E-state index in [1.165, 1.54) is 10.5 Å². The van der Waals surface area contributed by atoms with Crippen molar-refractivity contribution in [3.05, 3.63) is 42.2 Å². The van der Waals surface area contributed by atoms with Gasteiger partial charge >= 0.3 is 0 Å². The van der Waals surface area contributed by atoms with Crippen LogP contribution >= 0.6 is 11.8 Å². The van der Waals surface area contributed by atoms with Crippen molar-refractivity contribution in [3.63, 3.8) is 0 Å². The van der Waals surface area contributed by atoms with Gasteiger partial charge in [0.2, 0.25) is 0 Å². The van der Waals surface area contributed by atoms with Crippen LogP contribution in [0.5, 0.6) is 0 Å². The fraction of sp³-hybridized carbons (Fsp3) is 0.438. The van der Waals surface area contributed by atoms with E-state index in [1.807, 2.05) is 10.9 Å². The first kappa shape index (κ1) is 14.5. The lowest BCUT2D eigenvalue weighted by atomic mass is 9.87. The fourth-order valence-corrected chi connectivity index (χ4v) is 3.47. The zero-order chi connectivity index (χ0) is 14.7. The van der Waals surface area contributed by atoms with Gasteiger partial charge < -0.3 is 10.5 Å². The lowest BCUT2D eigenvalue weighted by molar-refractivity contribution is 0.0527. The molecule has 0 bridgehead atoms. The summed E-state index contributed by atoms with van der Waals surface area (Å²) in [7, 11) is 0. The van der Waals surface area contributed by atoms with Crippen LogP contribution in [0.1, 0.15) is 24.4 Å². The van der Waals surface area contributed by atoms with Gasteiger partial charge in [0, 0.05) is 24.3 Å². The molecule has 1 aliphatic heterocycles. The molecule has 4 nitrogen and oxygen atoms in total. The lowest BCUT2D eigenvalue weighted by Gasteiger charge is -2.31. The van der Waals surface area contributed by atoms with Gasteiger partial charge in [0.1, 0.15) is 0 Å². The summed E-state index contributed by atoms with van der Waals surface area (Å²) in [6, 6.07) is 8.96. The van der Waals surface area contributed by atoms with Gasteiger partial charge in [0.05, 0.1) is 17.9 Å². The van der Waals surface area contributed by atoms with Crippen LogP contribution in [-0.2, 0) is 4.74 Å². The zero-order valence-corrected chi connectivity index (χ0v) is 13.1. The van der Waals surface area contributed by atoms with E-state index < -0.39 is 0 Å². The van der Waals surface area contributed by atoms with Crippen molar-refractivity contribution in [2.45, 2.75) is 23.8 Å². The molecule has 0 saturated carbocycles. The van der Waals surface area contributed by atoms with Gasteiger partial charge in [-0.15, -0.1) is 11.8 Å². The minimum atomic E-state index is 0.235. The van der Waals surface area contributed by atoms with E-state index in [1.54, 1.807) is 18.0 Å². The predicted molar refractivity (Wildman–Crippen MR) is 86.5 cm³/mol. The van der Waals surface area contributed by atoms with Crippen molar-refractivity contribution < 1.29 is 4.74 Å². The van der Waals surface area contributed by atoms with Crippen LogP contribution in [0.2, 0.25) is 0 Å². The summed E-state index contributed by atoms with van der Waals surface area (Å²) in [5.41, 5.74) is 7.89. The van der Waals surface area contributed by atoms with Crippen molar-refractivity contribution in [2.24, 2.45) is 5.92 Å². The highest BCUT2D eigenvalue weighted by Gasteiger charge is 2.27.